The van der Waals surface area contributed by atoms with E-state index in [4.69, 9.17) is 0 Å². The van der Waals surface area contributed by atoms with E-state index in [1.54, 1.807) is 11.8 Å². The number of carbonyl (C=O) groups excluding carboxylic acids is 1. The van der Waals surface area contributed by atoms with Gasteiger partial charge in [-0.25, -0.2) is 4.39 Å². The molecule has 0 aliphatic carbocycles. The molecule has 0 unspecified atom stereocenters. The van der Waals surface area contributed by atoms with Crippen LogP contribution in [0.1, 0.15) is 23.2 Å². The van der Waals surface area contributed by atoms with Gasteiger partial charge in [-0.2, -0.15) is 11.8 Å². The highest BCUT2D eigenvalue weighted by molar-refractivity contribution is 7.99. The Labute approximate surface area is 103 Å². The molecule has 1 saturated heterocycles. The van der Waals surface area contributed by atoms with Gasteiger partial charge in [-0.1, -0.05) is 6.07 Å². The zero-order chi connectivity index (χ0) is 12.3. The van der Waals surface area contributed by atoms with E-state index in [1.807, 2.05) is 0 Å². The van der Waals surface area contributed by atoms with Gasteiger partial charge in [0.25, 0.3) is 5.91 Å². The molecule has 1 aromatic rings. The summed E-state index contributed by atoms with van der Waals surface area (Å²) in [5.74, 6) is 0.420. The monoisotopic (exact) mass is 255 g/mol. The van der Waals surface area contributed by atoms with Crippen LogP contribution < -0.4 is 5.32 Å². The van der Waals surface area contributed by atoms with Crippen molar-refractivity contribution in [1.82, 2.24) is 5.32 Å². The van der Waals surface area contributed by atoms with Crippen molar-refractivity contribution in [1.29, 1.82) is 0 Å². The number of rotatable bonds is 2. The lowest BCUT2D eigenvalue weighted by Gasteiger charge is -2.22. The minimum absolute atomic E-state index is 0.0697. The van der Waals surface area contributed by atoms with E-state index in [9.17, 15) is 14.3 Å². The van der Waals surface area contributed by atoms with Gasteiger partial charge in [0.2, 0.25) is 0 Å². The molecule has 1 heterocycles. The average molecular weight is 255 g/mol. The molecule has 1 aliphatic heterocycles. The molecule has 0 spiro atoms. The summed E-state index contributed by atoms with van der Waals surface area (Å²) in [7, 11) is 0. The van der Waals surface area contributed by atoms with Crippen molar-refractivity contribution in [2.45, 2.75) is 18.9 Å². The molecule has 1 amide bonds. The third kappa shape index (κ3) is 2.91. The summed E-state index contributed by atoms with van der Waals surface area (Å²) in [6.07, 6.45) is 1.97. The Bertz CT molecular complexity index is 399. The van der Waals surface area contributed by atoms with Crippen LogP contribution in [-0.4, -0.2) is 28.6 Å². The second-order valence-electron chi connectivity index (χ2n) is 4.02. The minimum Gasteiger partial charge on any atom is -0.507 e. The Morgan fingerprint density at radius 3 is 3.00 bits per heavy atom. The van der Waals surface area contributed by atoms with Crippen LogP contribution in [0.25, 0.3) is 0 Å². The van der Waals surface area contributed by atoms with Gasteiger partial charge >= 0.3 is 0 Å². The minimum atomic E-state index is -0.689. The number of aromatic hydroxyl groups is 1. The Morgan fingerprint density at radius 2 is 2.35 bits per heavy atom. The molecule has 0 radical (unpaired) electrons. The van der Waals surface area contributed by atoms with Crippen molar-refractivity contribution in [3.8, 4) is 5.75 Å². The number of hydrogen-bond acceptors (Lipinski definition) is 3. The van der Waals surface area contributed by atoms with Gasteiger partial charge in [-0.05, 0) is 30.7 Å². The fraction of sp³-hybridized carbons (Fsp3) is 0.417. The molecule has 1 atom stereocenters. The number of phenols is 1. The number of halogens is 1. The van der Waals surface area contributed by atoms with Crippen molar-refractivity contribution < 1.29 is 14.3 Å². The molecular formula is C12H14FNO2S. The predicted molar refractivity (Wildman–Crippen MR) is 65.9 cm³/mol. The molecule has 17 heavy (non-hydrogen) atoms. The van der Waals surface area contributed by atoms with Crippen LogP contribution in [0.2, 0.25) is 0 Å². The zero-order valence-electron chi connectivity index (χ0n) is 9.28. The van der Waals surface area contributed by atoms with Gasteiger partial charge in [0.05, 0.1) is 0 Å². The van der Waals surface area contributed by atoms with Crippen LogP contribution in [0, 0.1) is 5.82 Å². The molecule has 0 saturated carbocycles. The van der Waals surface area contributed by atoms with E-state index < -0.39 is 11.7 Å². The number of amides is 1. The summed E-state index contributed by atoms with van der Waals surface area (Å²) in [4.78, 5) is 11.8. The van der Waals surface area contributed by atoms with Crippen molar-refractivity contribution in [3.05, 3.63) is 29.6 Å². The quantitative estimate of drug-likeness (QED) is 0.851. The fourth-order valence-electron chi connectivity index (χ4n) is 1.85. The van der Waals surface area contributed by atoms with E-state index in [1.165, 1.54) is 18.2 Å². The summed E-state index contributed by atoms with van der Waals surface area (Å²) < 4.78 is 13.4. The first kappa shape index (κ1) is 12.2. The predicted octanol–water partition coefficient (Wildman–Crippen LogP) is 2.16. The SMILES string of the molecule is O=C(N[C@H]1CCCSC1)c1c(O)cccc1F. The molecule has 1 aliphatic rings. The van der Waals surface area contributed by atoms with Gasteiger partial charge < -0.3 is 10.4 Å². The summed E-state index contributed by atoms with van der Waals surface area (Å²) in [6.45, 7) is 0. The standard InChI is InChI=1S/C12H14FNO2S/c13-9-4-1-5-10(15)11(9)12(16)14-8-3-2-6-17-7-8/h1,4-5,8,15H,2-3,6-7H2,(H,14,16)/t8-/m0/s1. The first-order valence-electron chi connectivity index (χ1n) is 5.54. The van der Waals surface area contributed by atoms with Gasteiger partial charge in [0.1, 0.15) is 17.1 Å². The first-order chi connectivity index (χ1) is 8.18. The number of hydrogen-bond donors (Lipinski definition) is 2. The first-order valence-corrected chi connectivity index (χ1v) is 6.70. The topological polar surface area (TPSA) is 49.3 Å². The Hall–Kier alpha value is -1.23. The van der Waals surface area contributed by atoms with E-state index in [0.29, 0.717) is 0 Å². The normalized spacial score (nSPS) is 19.9. The lowest BCUT2D eigenvalue weighted by atomic mass is 10.1. The van der Waals surface area contributed by atoms with Crippen molar-refractivity contribution in [2.24, 2.45) is 0 Å². The number of benzene rings is 1. The van der Waals surface area contributed by atoms with Crippen LogP contribution >= 0.6 is 11.8 Å². The molecule has 1 aromatic carbocycles. The largest absolute Gasteiger partial charge is 0.507 e. The van der Waals surface area contributed by atoms with Crippen LogP contribution in [-0.2, 0) is 0 Å². The summed E-state index contributed by atoms with van der Waals surface area (Å²) in [6, 6.07) is 3.93. The maximum Gasteiger partial charge on any atom is 0.258 e. The third-order valence-electron chi connectivity index (χ3n) is 2.71. The maximum absolute atomic E-state index is 13.4. The average Bonchev–Trinajstić information content (AvgIpc) is 2.30. The van der Waals surface area contributed by atoms with Gasteiger partial charge in [-0.3, -0.25) is 4.79 Å². The Balaban J connectivity index is 2.08. The van der Waals surface area contributed by atoms with E-state index in [0.717, 1.165) is 24.3 Å². The Morgan fingerprint density at radius 1 is 1.53 bits per heavy atom. The van der Waals surface area contributed by atoms with Gasteiger partial charge in [-0.15, -0.1) is 0 Å². The second kappa shape index (κ2) is 5.40. The molecule has 2 N–H and O–H groups in total. The van der Waals surface area contributed by atoms with Gasteiger partial charge in [0, 0.05) is 11.8 Å². The van der Waals surface area contributed by atoms with Crippen molar-refractivity contribution >= 4 is 17.7 Å². The molecule has 5 heteroatoms. The molecule has 0 bridgehead atoms. The summed E-state index contributed by atoms with van der Waals surface area (Å²) >= 11 is 1.78. The number of thioether (sulfide) groups is 1. The molecule has 1 fully saturated rings. The molecular weight excluding hydrogens is 241 g/mol. The fourth-order valence-corrected chi connectivity index (χ4v) is 2.92. The lowest BCUT2D eigenvalue weighted by molar-refractivity contribution is 0.0931. The molecule has 92 valence electrons. The van der Waals surface area contributed by atoms with Crippen LogP contribution in [0.5, 0.6) is 5.75 Å². The second-order valence-corrected chi connectivity index (χ2v) is 5.17. The van der Waals surface area contributed by atoms with E-state index in [-0.39, 0.29) is 17.4 Å². The molecule has 2 rings (SSSR count). The maximum atomic E-state index is 13.4. The number of carbonyl (C=O) groups is 1. The summed E-state index contributed by atoms with van der Waals surface area (Å²) in [5.41, 5.74) is -0.261. The lowest BCUT2D eigenvalue weighted by Crippen LogP contribution is -2.38. The van der Waals surface area contributed by atoms with E-state index in [2.05, 4.69) is 5.32 Å². The zero-order valence-corrected chi connectivity index (χ0v) is 10.1. The van der Waals surface area contributed by atoms with Crippen LogP contribution in [0.4, 0.5) is 4.39 Å². The van der Waals surface area contributed by atoms with Crippen LogP contribution in [0.15, 0.2) is 18.2 Å². The number of nitrogens with one attached hydrogen (secondary N) is 1. The van der Waals surface area contributed by atoms with Gasteiger partial charge in [0.15, 0.2) is 0 Å². The third-order valence-corrected chi connectivity index (χ3v) is 3.93. The molecule has 0 aromatic heterocycles. The smallest absolute Gasteiger partial charge is 0.258 e. The summed E-state index contributed by atoms with van der Waals surface area (Å²) in [5, 5.41) is 12.2. The van der Waals surface area contributed by atoms with Crippen molar-refractivity contribution in [3.63, 3.8) is 0 Å². The van der Waals surface area contributed by atoms with Crippen LogP contribution in [0.3, 0.4) is 0 Å². The highest BCUT2D eigenvalue weighted by Gasteiger charge is 2.21. The highest BCUT2D eigenvalue weighted by atomic mass is 32.2. The number of phenolic OH excluding ortho intramolecular Hbond substituents is 1. The van der Waals surface area contributed by atoms with Crippen molar-refractivity contribution in [2.75, 3.05) is 11.5 Å². The van der Waals surface area contributed by atoms with E-state index >= 15 is 0 Å². The highest BCUT2D eigenvalue weighted by Crippen LogP contribution is 2.21. The Kier molecular flexibility index (Phi) is 3.89. The molecule has 3 nitrogen and oxygen atoms in total.